The maximum absolute atomic E-state index is 11.9. The molecule has 0 spiro atoms. The summed E-state index contributed by atoms with van der Waals surface area (Å²) < 4.78 is 0. The molecular weight excluding hydrogens is 258 g/mol. The number of anilines is 1. The third-order valence-corrected chi connectivity index (χ3v) is 3.29. The highest BCUT2D eigenvalue weighted by atomic mass is 16.3. The fourth-order valence-electron chi connectivity index (χ4n) is 2.13. The molecule has 1 heterocycles. The zero-order valence-electron chi connectivity index (χ0n) is 11.3. The molecule has 2 unspecified atom stereocenters. The van der Waals surface area contributed by atoms with Crippen LogP contribution < -0.4 is 16.0 Å². The van der Waals surface area contributed by atoms with Crippen LogP contribution >= 0.6 is 0 Å². The summed E-state index contributed by atoms with van der Waals surface area (Å²) in [7, 11) is 1.60. The molecule has 0 saturated carbocycles. The first kappa shape index (κ1) is 14.5. The number of amides is 2. The number of likely N-dealkylation sites (N-methyl/N-ethyl adjacent to an activating group) is 1. The van der Waals surface area contributed by atoms with Gasteiger partial charge in [-0.2, -0.15) is 0 Å². The molecule has 0 aliphatic carbocycles. The van der Waals surface area contributed by atoms with Crippen LogP contribution in [0.25, 0.3) is 0 Å². The van der Waals surface area contributed by atoms with Crippen molar-refractivity contribution in [1.29, 1.82) is 0 Å². The lowest BCUT2D eigenvalue weighted by Gasteiger charge is -2.11. The lowest BCUT2D eigenvalue weighted by Crippen LogP contribution is -2.35. The summed E-state index contributed by atoms with van der Waals surface area (Å²) >= 11 is 0. The molecule has 4 N–H and O–H groups in total. The molecule has 0 bridgehead atoms. The van der Waals surface area contributed by atoms with Crippen molar-refractivity contribution in [3.8, 4) is 0 Å². The third kappa shape index (κ3) is 3.79. The van der Waals surface area contributed by atoms with Crippen molar-refractivity contribution in [2.45, 2.75) is 25.0 Å². The SMILES string of the molecule is CNC(=O)Cc1ccc(NC(=O)C2CC(O)CN2)cc1. The molecule has 1 aliphatic rings. The topological polar surface area (TPSA) is 90.5 Å². The number of rotatable bonds is 4. The molecule has 2 amide bonds. The zero-order valence-corrected chi connectivity index (χ0v) is 11.3. The molecule has 6 heteroatoms. The second-order valence-electron chi connectivity index (χ2n) is 4.89. The lowest BCUT2D eigenvalue weighted by atomic mass is 10.1. The number of β-amino-alcohol motifs (C(OH)–C–C–N with tert-alkyl or cyclic N) is 1. The van der Waals surface area contributed by atoms with E-state index in [9.17, 15) is 14.7 Å². The molecule has 1 saturated heterocycles. The minimum Gasteiger partial charge on any atom is -0.392 e. The van der Waals surface area contributed by atoms with Gasteiger partial charge in [0, 0.05) is 19.3 Å². The average Bonchev–Trinajstić information content (AvgIpc) is 2.87. The molecule has 1 fully saturated rings. The second-order valence-corrected chi connectivity index (χ2v) is 4.89. The Hall–Kier alpha value is -1.92. The monoisotopic (exact) mass is 277 g/mol. The Kier molecular flexibility index (Phi) is 4.70. The van der Waals surface area contributed by atoms with Crippen molar-refractivity contribution in [2.75, 3.05) is 18.9 Å². The predicted molar refractivity (Wildman–Crippen MR) is 75.3 cm³/mol. The number of carbonyl (C=O) groups excluding carboxylic acids is 2. The number of nitrogens with one attached hydrogen (secondary N) is 3. The van der Waals surface area contributed by atoms with Gasteiger partial charge in [-0.25, -0.2) is 0 Å². The first-order valence-electron chi connectivity index (χ1n) is 6.60. The van der Waals surface area contributed by atoms with Crippen LogP contribution in [0.5, 0.6) is 0 Å². The van der Waals surface area contributed by atoms with E-state index in [4.69, 9.17) is 0 Å². The smallest absolute Gasteiger partial charge is 0.241 e. The van der Waals surface area contributed by atoms with Gasteiger partial charge in [-0.1, -0.05) is 12.1 Å². The Morgan fingerprint density at radius 2 is 2.05 bits per heavy atom. The van der Waals surface area contributed by atoms with Gasteiger partial charge in [0.15, 0.2) is 0 Å². The number of aliphatic hydroxyl groups is 1. The van der Waals surface area contributed by atoms with Crippen molar-refractivity contribution in [3.05, 3.63) is 29.8 Å². The Morgan fingerprint density at radius 1 is 1.35 bits per heavy atom. The normalized spacial score (nSPS) is 21.5. The number of carbonyl (C=O) groups is 2. The highest BCUT2D eigenvalue weighted by molar-refractivity contribution is 5.95. The molecule has 2 rings (SSSR count). The maximum Gasteiger partial charge on any atom is 0.241 e. The van der Waals surface area contributed by atoms with Crippen molar-refractivity contribution >= 4 is 17.5 Å². The summed E-state index contributed by atoms with van der Waals surface area (Å²) in [6, 6.07) is 6.79. The largest absolute Gasteiger partial charge is 0.392 e. The van der Waals surface area contributed by atoms with Crippen molar-refractivity contribution < 1.29 is 14.7 Å². The van der Waals surface area contributed by atoms with E-state index in [0.29, 0.717) is 25.1 Å². The van der Waals surface area contributed by atoms with Gasteiger partial charge in [0.05, 0.1) is 18.6 Å². The van der Waals surface area contributed by atoms with Gasteiger partial charge in [0.25, 0.3) is 0 Å². The average molecular weight is 277 g/mol. The number of hydrogen-bond donors (Lipinski definition) is 4. The molecule has 1 aromatic rings. The summed E-state index contributed by atoms with van der Waals surface area (Å²) in [6.07, 6.45) is 0.294. The van der Waals surface area contributed by atoms with Crippen LogP contribution in [0.3, 0.4) is 0 Å². The summed E-state index contributed by atoms with van der Waals surface area (Å²) in [5, 5.41) is 17.7. The summed E-state index contributed by atoms with van der Waals surface area (Å²) in [5.74, 6) is -0.202. The van der Waals surface area contributed by atoms with Crippen molar-refractivity contribution in [3.63, 3.8) is 0 Å². The van der Waals surface area contributed by atoms with Gasteiger partial charge in [0.2, 0.25) is 11.8 Å². The summed E-state index contributed by atoms with van der Waals surface area (Å²) in [5.41, 5.74) is 1.57. The molecule has 0 aromatic heterocycles. The van der Waals surface area contributed by atoms with Crippen molar-refractivity contribution in [1.82, 2.24) is 10.6 Å². The van der Waals surface area contributed by atoms with E-state index in [1.54, 1.807) is 19.2 Å². The highest BCUT2D eigenvalue weighted by Crippen LogP contribution is 2.13. The standard InChI is InChI=1S/C14H19N3O3/c1-15-13(19)6-9-2-4-10(5-3-9)17-14(20)12-7-11(18)8-16-12/h2-5,11-12,16,18H,6-8H2,1H3,(H,15,19)(H,17,20). The quantitative estimate of drug-likeness (QED) is 0.605. The molecule has 1 aromatic carbocycles. The van der Waals surface area contributed by atoms with Crippen LogP contribution in [0.4, 0.5) is 5.69 Å². The highest BCUT2D eigenvalue weighted by Gasteiger charge is 2.27. The summed E-state index contributed by atoms with van der Waals surface area (Å²) in [4.78, 5) is 23.2. The first-order valence-corrected chi connectivity index (χ1v) is 6.60. The van der Waals surface area contributed by atoms with E-state index in [0.717, 1.165) is 5.56 Å². The van der Waals surface area contributed by atoms with Gasteiger partial charge < -0.3 is 21.1 Å². The van der Waals surface area contributed by atoms with Crippen molar-refractivity contribution in [2.24, 2.45) is 0 Å². The molecular formula is C14H19N3O3. The minimum absolute atomic E-state index is 0.0501. The van der Waals surface area contributed by atoms with Crippen LogP contribution in [-0.2, 0) is 16.0 Å². The minimum atomic E-state index is -0.458. The van der Waals surface area contributed by atoms with E-state index in [1.165, 1.54) is 0 Å². The Balaban J connectivity index is 1.90. The van der Waals surface area contributed by atoms with Gasteiger partial charge >= 0.3 is 0 Å². The first-order chi connectivity index (χ1) is 9.58. The van der Waals surface area contributed by atoms with E-state index >= 15 is 0 Å². The fourth-order valence-corrected chi connectivity index (χ4v) is 2.13. The van der Waals surface area contributed by atoms with Crippen LogP contribution in [0, 0.1) is 0 Å². The Labute approximate surface area is 117 Å². The Morgan fingerprint density at radius 3 is 2.60 bits per heavy atom. The van der Waals surface area contributed by atoms with Crippen LogP contribution in [0.1, 0.15) is 12.0 Å². The van der Waals surface area contributed by atoms with Gasteiger partial charge in [-0.15, -0.1) is 0 Å². The van der Waals surface area contributed by atoms with Crippen LogP contribution in [-0.4, -0.2) is 42.7 Å². The maximum atomic E-state index is 11.9. The van der Waals surface area contributed by atoms with Crippen LogP contribution in [0.2, 0.25) is 0 Å². The van der Waals surface area contributed by atoms with Gasteiger partial charge in [-0.05, 0) is 24.1 Å². The molecule has 2 atom stereocenters. The van der Waals surface area contributed by atoms with Gasteiger partial charge in [-0.3, -0.25) is 9.59 Å². The molecule has 0 radical (unpaired) electrons. The molecule has 108 valence electrons. The van der Waals surface area contributed by atoms with Crippen LogP contribution in [0.15, 0.2) is 24.3 Å². The molecule has 20 heavy (non-hydrogen) atoms. The molecule has 1 aliphatic heterocycles. The van der Waals surface area contributed by atoms with Gasteiger partial charge in [0.1, 0.15) is 0 Å². The summed E-state index contributed by atoms with van der Waals surface area (Å²) in [6.45, 7) is 0.448. The lowest BCUT2D eigenvalue weighted by molar-refractivity contribution is -0.120. The number of benzene rings is 1. The predicted octanol–water partition coefficient (Wildman–Crippen LogP) is -0.364. The number of hydrogen-bond acceptors (Lipinski definition) is 4. The van der Waals surface area contributed by atoms with E-state index in [1.807, 2.05) is 12.1 Å². The Bertz CT molecular complexity index is 487. The number of aliphatic hydroxyl groups excluding tert-OH is 1. The zero-order chi connectivity index (χ0) is 14.5. The third-order valence-electron chi connectivity index (χ3n) is 3.29. The van der Waals surface area contributed by atoms with E-state index in [2.05, 4.69) is 16.0 Å². The second kappa shape index (κ2) is 6.49. The van der Waals surface area contributed by atoms with E-state index in [-0.39, 0.29) is 17.9 Å². The molecule has 6 nitrogen and oxygen atoms in total. The fraction of sp³-hybridized carbons (Fsp3) is 0.429. The van der Waals surface area contributed by atoms with E-state index < -0.39 is 6.10 Å².